The number of rotatable bonds is 6. The van der Waals surface area contributed by atoms with E-state index in [1.807, 2.05) is 6.92 Å². The SMILES string of the molecule is CCCOc1ccc(-n2c(N)c(C(=O)c3ccc(F)cc3F)ccc2=O)cc1. The van der Waals surface area contributed by atoms with Gasteiger partial charge < -0.3 is 10.5 Å². The molecule has 0 aliphatic carbocycles. The summed E-state index contributed by atoms with van der Waals surface area (Å²) < 4.78 is 33.7. The molecule has 0 bridgehead atoms. The largest absolute Gasteiger partial charge is 0.494 e. The Bertz CT molecular complexity index is 1080. The van der Waals surface area contributed by atoms with E-state index in [1.165, 1.54) is 12.1 Å². The van der Waals surface area contributed by atoms with Crippen molar-refractivity contribution in [2.24, 2.45) is 0 Å². The smallest absolute Gasteiger partial charge is 0.256 e. The summed E-state index contributed by atoms with van der Waals surface area (Å²) in [6.45, 7) is 2.55. The molecule has 0 fully saturated rings. The van der Waals surface area contributed by atoms with E-state index in [0.717, 1.165) is 23.1 Å². The topological polar surface area (TPSA) is 74.3 Å². The van der Waals surface area contributed by atoms with Gasteiger partial charge in [0.05, 0.1) is 23.4 Å². The lowest BCUT2D eigenvalue weighted by Gasteiger charge is -2.14. The van der Waals surface area contributed by atoms with E-state index in [9.17, 15) is 18.4 Å². The van der Waals surface area contributed by atoms with E-state index in [-0.39, 0.29) is 16.9 Å². The van der Waals surface area contributed by atoms with E-state index < -0.39 is 23.0 Å². The number of aromatic nitrogens is 1. The van der Waals surface area contributed by atoms with Crippen molar-refractivity contribution in [1.29, 1.82) is 0 Å². The number of carbonyl (C=O) groups excluding carboxylic acids is 1. The molecule has 0 saturated carbocycles. The third-order valence-corrected chi connectivity index (χ3v) is 4.12. The molecule has 0 radical (unpaired) electrons. The van der Waals surface area contributed by atoms with Gasteiger partial charge in [-0.25, -0.2) is 8.78 Å². The van der Waals surface area contributed by atoms with Crippen LogP contribution < -0.4 is 16.0 Å². The number of carbonyl (C=O) groups is 1. The van der Waals surface area contributed by atoms with E-state index in [2.05, 4.69) is 0 Å². The minimum Gasteiger partial charge on any atom is -0.494 e. The van der Waals surface area contributed by atoms with Crippen LogP contribution in [0, 0.1) is 11.6 Å². The number of nitrogen functional groups attached to an aromatic ring is 1. The summed E-state index contributed by atoms with van der Waals surface area (Å²) in [5.74, 6) is -2.04. The summed E-state index contributed by atoms with van der Waals surface area (Å²) in [5, 5.41) is 0. The monoisotopic (exact) mass is 384 g/mol. The predicted octanol–water partition coefficient (Wildman–Crippen LogP) is 3.72. The molecule has 0 aliphatic heterocycles. The van der Waals surface area contributed by atoms with Crippen molar-refractivity contribution in [1.82, 2.24) is 4.57 Å². The van der Waals surface area contributed by atoms with Crippen LogP contribution in [-0.2, 0) is 0 Å². The average Bonchev–Trinajstić information content (AvgIpc) is 2.67. The maximum atomic E-state index is 14.0. The zero-order valence-corrected chi connectivity index (χ0v) is 15.1. The second-order valence-electron chi connectivity index (χ2n) is 6.10. The molecule has 1 heterocycles. The van der Waals surface area contributed by atoms with Crippen molar-refractivity contribution >= 4 is 11.6 Å². The third-order valence-electron chi connectivity index (χ3n) is 4.12. The molecule has 28 heavy (non-hydrogen) atoms. The molecule has 3 rings (SSSR count). The highest BCUT2D eigenvalue weighted by Crippen LogP contribution is 2.22. The summed E-state index contributed by atoms with van der Waals surface area (Å²) in [6.07, 6.45) is 0.859. The molecule has 144 valence electrons. The number of ether oxygens (including phenoxy) is 1. The van der Waals surface area contributed by atoms with Crippen molar-refractivity contribution in [2.75, 3.05) is 12.3 Å². The lowest BCUT2D eigenvalue weighted by molar-refractivity contribution is 0.103. The molecule has 5 nitrogen and oxygen atoms in total. The van der Waals surface area contributed by atoms with Gasteiger partial charge in [-0.2, -0.15) is 0 Å². The van der Waals surface area contributed by atoms with Crippen LogP contribution in [-0.4, -0.2) is 17.0 Å². The van der Waals surface area contributed by atoms with E-state index >= 15 is 0 Å². The predicted molar refractivity (Wildman–Crippen MR) is 102 cm³/mol. The quantitative estimate of drug-likeness (QED) is 0.658. The van der Waals surface area contributed by atoms with Crippen LogP contribution >= 0.6 is 0 Å². The number of anilines is 1. The zero-order valence-electron chi connectivity index (χ0n) is 15.1. The summed E-state index contributed by atoms with van der Waals surface area (Å²) in [5.41, 5.74) is 5.66. The molecule has 0 aliphatic rings. The second-order valence-corrected chi connectivity index (χ2v) is 6.10. The Hall–Kier alpha value is -3.48. The van der Waals surface area contributed by atoms with Crippen LogP contribution in [0.15, 0.2) is 59.4 Å². The van der Waals surface area contributed by atoms with Crippen LogP contribution in [0.25, 0.3) is 5.69 Å². The highest BCUT2D eigenvalue weighted by molar-refractivity contribution is 6.11. The van der Waals surface area contributed by atoms with Crippen molar-refractivity contribution in [3.05, 3.63) is 87.7 Å². The summed E-state index contributed by atoms with van der Waals surface area (Å²) in [6, 6.07) is 11.7. The van der Waals surface area contributed by atoms with Gasteiger partial charge in [-0.05, 0) is 48.9 Å². The molecule has 0 amide bonds. The van der Waals surface area contributed by atoms with Gasteiger partial charge in [-0.15, -0.1) is 0 Å². The first-order valence-corrected chi connectivity index (χ1v) is 8.67. The van der Waals surface area contributed by atoms with Gasteiger partial charge in [0.25, 0.3) is 5.56 Å². The number of hydrogen-bond donors (Lipinski definition) is 1. The zero-order chi connectivity index (χ0) is 20.3. The van der Waals surface area contributed by atoms with E-state index in [0.29, 0.717) is 24.1 Å². The van der Waals surface area contributed by atoms with Gasteiger partial charge in [-0.1, -0.05) is 6.92 Å². The van der Waals surface area contributed by atoms with Gasteiger partial charge in [0.15, 0.2) is 5.78 Å². The Kier molecular flexibility index (Phi) is 5.54. The maximum Gasteiger partial charge on any atom is 0.256 e. The van der Waals surface area contributed by atoms with Gasteiger partial charge in [-0.3, -0.25) is 14.2 Å². The number of nitrogens with two attached hydrogens (primary N) is 1. The number of nitrogens with zero attached hydrogens (tertiary/aromatic N) is 1. The Morgan fingerprint density at radius 2 is 1.71 bits per heavy atom. The molecule has 7 heteroatoms. The molecule has 0 unspecified atom stereocenters. The molecular formula is C21H18F2N2O3. The number of benzene rings is 2. The number of hydrogen-bond acceptors (Lipinski definition) is 4. The minimum atomic E-state index is -1.00. The summed E-state index contributed by atoms with van der Waals surface area (Å²) >= 11 is 0. The normalized spacial score (nSPS) is 10.7. The lowest BCUT2D eigenvalue weighted by atomic mass is 10.0. The molecule has 0 saturated heterocycles. The summed E-state index contributed by atoms with van der Waals surface area (Å²) in [7, 11) is 0. The Labute approximate surface area is 160 Å². The Morgan fingerprint density at radius 1 is 1.04 bits per heavy atom. The molecular weight excluding hydrogens is 366 g/mol. The molecule has 2 N–H and O–H groups in total. The van der Waals surface area contributed by atoms with Gasteiger partial charge in [0.1, 0.15) is 23.2 Å². The fourth-order valence-corrected chi connectivity index (χ4v) is 2.74. The van der Waals surface area contributed by atoms with Crippen molar-refractivity contribution in [3.8, 4) is 11.4 Å². The van der Waals surface area contributed by atoms with Crippen molar-refractivity contribution in [3.63, 3.8) is 0 Å². The molecule has 3 aromatic rings. The second kappa shape index (κ2) is 8.04. The lowest BCUT2D eigenvalue weighted by Crippen LogP contribution is -2.23. The Balaban J connectivity index is 2.03. The highest BCUT2D eigenvalue weighted by atomic mass is 19.1. The van der Waals surface area contributed by atoms with Gasteiger partial charge in [0, 0.05) is 12.1 Å². The van der Waals surface area contributed by atoms with E-state index in [4.69, 9.17) is 10.5 Å². The van der Waals surface area contributed by atoms with Crippen LogP contribution in [0.3, 0.4) is 0 Å². The van der Waals surface area contributed by atoms with Gasteiger partial charge in [0.2, 0.25) is 0 Å². The standard InChI is InChI=1S/C21H18F2N2O3/c1-2-11-28-15-6-4-14(5-7-15)25-19(26)10-9-17(21(25)24)20(27)16-8-3-13(22)12-18(16)23/h3-10,12H,2,11,24H2,1H3. The number of halogens is 2. The molecule has 2 aromatic carbocycles. The molecule has 1 aromatic heterocycles. The van der Waals surface area contributed by atoms with Crippen LogP contribution in [0.5, 0.6) is 5.75 Å². The number of ketones is 1. The molecule has 0 spiro atoms. The number of pyridine rings is 1. The highest BCUT2D eigenvalue weighted by Gasteiger charge is 2.20. The Morgan fingerprint density at radius 3 is 2.36 bits per heavy atom. The van der Waals surface area contributed by atoms with Crippen LogP contribution in [0.2, 0.25) is 0 Å². The van der Waals surface area contributed by atoms with Crippen molar-refractivity contribution in [2.45, 2.75) is 13.3 Å². The van der Waals surface area contributed by atoms with Crippen LogP contribution in [0.1, 0.15) is 29.3 Å². The fraction of sp³-hybridized carbons (Fsp3) is 0.143. The van der Waals surface area contributed by atoms with Gasteiger partial charge >= 0.3 is 0 Å². The van der Waals surface area contributed by atoms with Crippen LogP contribution in [0.4, 0.5) is 14.6 Å². The first kappa shape index (κ1) is 19.3. The summed E-state index contributed by atoms with van der Waals surface area (Å²) in [4.78, 5) is 25.0. The average molecular weight is 384 g/mol. The van der Waals surface area contributed by atoms with E-state index in [1.54, 1.807) is 24.3 Å². The molecule has 0 atom stereocenters. The third kappa shape index (κ3) is 3.78. The maximum absolute atomic E-state index is 14.0. The minimum absolute atomic E-state index is 0.0589. The first-order valence-electron chi connectivity index (χ1n) is 8.67. The first-order chi connectivity index (χ1) is 13.4. The fourth-order valence-electron chi connectivity index (χ4n) is 2.74. The van der Waals surface area contributed by atoms with Crippen molar-refractivity contribution < 1.29 is 18.3 Å².